The number of aliphatic hydroxyl groups excluding tert-OH is 1. The third-order valence-corrected chi connectivity index (χ3v) is 2.86. The number of nitro groups is 1. The van der Waals surface area contributed by atoms with E-state index in [2.05, 4.69) is 0 Å². The predicted octanol–water partition coefficient (Wildman–Crippen LogP) is 2.43. The predicted molar refractivity (Wildman–Crippen MR) is 68.9 cm³/mol. The van der Waals surface area contributed by atoms with Gasteiger partial charge in [-0.15, -0.1) is 0 Å². The summed E-state index contributed by atoms with van der Waals surface area (Å²) in [6, 6.07) is 4.58. The van der Waals surface area contributed by atoms with Gasteiger partial charge >= 0.3 is 5.88 Å². The average molecular weight is 297 g/mol. The number of methoxy groups -OCH3 is 2. The number of rotatable bonds is 5. The largest absolute Gasteiger partial charge is 0.493 e. The molecule has 1 heterocycles. The summed E-state index contributed by atoms with van der Waals surface area (Å²) in [6.45, 7) is 0. The maximum absolute atomic E-state index is 14.0. The zero-order valence-corrected chi connectivity index (χ0v) is 11.2. The summed E-state index contributed by atoms with van der Waals surface area (Å²) in [5, 5.41) is 20.6. The molecule has 0 aliphatic carbocycles. The van der Waals surface area contributed by atoms with Crippen LogP contribution in [-0.4, -0.2) is 24.2 Å². The number of hydrogen-bond acceptors (Lipinski definition) is 6. The van der Waals surface area contributed by atoms with Gasteiger partial charge in [0.05, 0.1) is 20.3 Å². The zero-order valence-electron chi connectivity index (χ0n) is 11.2. The Morgan fingerprint density at radius 1 is 1.29 bits per heavy atom. The fourth-order valence-electron chi connectivity index (χ4n) is 1.82. The van der Waals surface area contributed by atoms with E-state index in [1.54, 1.807) is 0 Å². The maximum atomic E-state index is 14.0. The van der Waals surface area contributed by atoms with Crippen molar-refractivity contribution in [3.8, 4) is 11.5 Å². The van der Waals surface area contributed by atoms with Crippen LogP contribution in [0.1, 0.15) is 17.4 Å². The summed E-state index contributed by atoms with van der Waals surface area (Å²) in [4.78, 5) is 9.79. The quantitative estimate of drug-likeness (QED) is 0.672. The molecule has 0 saturated carbocycles. The van der Waals surface area contributed by atoms with E-state index < -0.39 is 22.7 Å². The van der Waals surface area contributed by atoms with Crippen molar-refractivity contribution in [1.82, 2.24) is 0 Å². The van der Waals surface area contributed by atoms with Crippen molar-refractivity contribution in [2.24, 2.45) is 0 Å². The fraction of sp³-hybridized carbons (Fsp3) is 0.231. The molecule has 112 valence electrons. The highest BCUT2D eigenvalue weighted by Crippen LogP contribution is 2.35. The van der Waals surface area contributed by atoms with Gasteiger partial charge in [-0.2, -0.15) is 0 Å². The van der Waals surface area contributed by atoms with Gasteiger partial charge in [0.15, 0.2) is 11.5 Å². The summed E-state index contributed by atoms with van der Waals surface area (Å²) in [7, 11) is 2.72. The molecule has 0 aliphatic heterocycles. The molecule has 2 aromatic rings. The molecular weight excluding hydrogens is 285 g/mol. The molecule has 0 spiro atoms. The highest BCUT2D eigenvalue weighted by molar-refractivity contribution is 5.45. The van der Waals surface area contributed by atoms with Crippen LogP contribution in [0.3, 0.4) is 0 Å². The molecule has 0 radical (unpaired) electrons. The van der Waals surface area contributed by atoms with Crippen LogP contribution < -0.4 is 9.47 Å². The lowest BCUT2D eigenvalue weighted by Gasteiger charge is -2.13. The topological polar surface area (TPSA) is 95.0 Å². The van der Waals surface area contributed by atoms with Gasteiger partial charge in [-0.05, 0) is 12.1 Å². The first-order chi connectivity index (χ1) is 9.97. The van der Waals surface area contributed by atoms with Crippen LogP contribution in [0.2, 0.25) is 0 Å². The molecule has 1 atom stereocenters. The molecule has 21 heavy (non-hydrogen) atoms. The number of furan rings is 1. The first-order valence-electron chi connectivity index (χ1n) is 5.81. The standard InChI is InChI=1S/C13H12FNO6/c1-19-10-5-7(8(14)6-11(10)20-2)13(16)9-3-4-12(21-9)15(17)18/h3-6,13,16H,1-2H3. The molecule has 0 aliphatic rings. The third-order valence-electron chi connectivity index (χ3n) is 2.86. The highest BCUT2D eigenvalue weighted by atomic mass is 19.1. The van der Waals surface area contributed by atoms with Gasteiger partial charge in [-0.25, -0.2) is 4.39 Å². The summed E-state index contributed by atoms with van der Waals surface area (Å²) >= 11 is 0. The Kier molecular flexibility index (Phi) is 4.08. The first-order valence-corrected chi connectivity index (χ1v) is 5.81. The highest BCUT2D eigenvalue weighted by Gasteiger charge is 2.23. The Hall–Kier alpha value is -2.61. The number of hydrogen-bond donors (Lipinski definition) is 1. The van der Waals surface area contributed by atoms with Gasteiger partial charge in [0.1, 0.15) is 22.6 Å². The molecule has 1 unspecified atom stereocenters. The van der Waals surface area contributed by atoms with Crippen molar-refractivity contribution < 1.29 is 28.3 Å². The SMILES string of the molecule is COc1cc(F)c(C(O)c2ccc([N+](=O)[O-])o2)cc1OC. The minimum Gasteiger partial charge on any atom is -0.493 e. The average Bonchev–Trinajstić information content (AvgIpc) is 2.96. The lowest BCUT2D eigenvalue weighted by Crippen LogP contribution is -2.03. The molecule has 7 nitrogen and oxygen atoms in total. The van der Waals surface area contributed by atoms with E-state index >= 15 is 0 Å². The van der Waals surface area contributed by atoms with Crippen molar-refractivity contribution in [3.63, 3.8) is 0 Å². The Bertz CT molecular complexity index is 669. The van der Waals surface area contributed by atoms with Crippen LogP contribution in [0.5, 0.6) is 11.5 Å². The molecule has 0 bridgehead atoms. The first kappa shape index (κ1) is 14.8. The second kappa shape index (κ2) is 5.80. The Balaban J connectivity index is 2.42. The Morgan fingerprint density at radius 2 is 1.90 bits per heavy atom. The van der Waals surface area contributed by atoms with Crippen molar-refractivity contribution >= 4 is 5.88 Å². The van der Waals surface area contributed by atoms with Crippen LogP contribution in [0, 0.1) is 15.9 Å². The summed E-state index contributed by atoms with van der Waals surface area (Å²) in [5.41, 5.74) is -0.142. The monoisotopic (exact) mass is 297 g/mol. The lowest BCUT2D eigenvalue weighted by molar-refractivity contribution is -0.402. The van der Waals surface area contributed by atoms with E-state index in [4.69, 9.17) is 13.9 Å². The van der Waals surface area contributed by atoms with Crippen LogP contribution in [-0.2, 0) is 0 Å². The molecule has 1 N–H and O–H groups in total. The van der Waals surface area contributed by atoms with Crippen LogP contribution >= 0.6 is 0 Å². The second-order valence-electron chi connectivity index (χ2n) is 4.06. The Morgan fingerprint density at radius 3 is 2.43 bits per heavy atom. The van der Waals surface area contributed by atoms with Crippen molar-refractivity contribution in [2.45, 2.75) is 6.10 Å². The molecule has 1 aromatic carbocycles. The van der Waals surface area contributed by atoms with E-state index in [1.165, 1.54) is 26.4 Å². The lowest BCUT2D eigenvalue weighted by atomic mass is 10.1. The van der Waals surface area contributed by atoms with Crippen LogP contribution in [0.25, 0.3) is 0 Å². The van der Waals surface area contributed by atoms with Gasteiger partial charge < -0.3 is 19.0 Å². The summed E-state index contributed by atoms with van der Waals surface area (Å²) in [6.07, 6.45) is -1.50. The van der Waals surface area contributed by atoms with E-state index in [0.29, 0.717) is 0 Å². The summed E-state index contributed by atoms with van der Waals surface area (Å²) in [5.74, 6) is -1.05. The van der Waals surface area contributed by atoms with Gasteiger partial charge in [0.25, 0.3) is 0 Å². The van der Waals surface area contributed by atoms with Gasteiger partial charge in [0.2, 0.25) is 0 Å². The van der Waals surface area contributed by atoms with Crippen molar-refractivity contribution in [3.05, 3.63) is 51.5 Å². The number of nitrogens with zero attached hydrogens (tertiary/aromatic N) is 1. The molecular formula is C13H12FNO6. The van der Waals surface area contributed by atoms with Crippen LogP contribution in [0.15, 0.2) is 28.7 Å². The smallest absolute Gasteiger partial charge is 0.433 e. The van der Waals surface area contributed by atoms with Gasteiger partial charge in [-0.1, -0.05) is 0 Å². The molecule has 8 heteroatoms. The minimum atomic E-state index is -1.50. The normalized spacial score (nSPS) is 12.0. The Labute approximate surface area is 118 Å². The van der Waals surface area contributed by atoms with Crippen molar-refractivity contribution in [2.75, 3.05) is 14.2 Å². The molecule has 2 rings (SSSR count). The van der Waals surface area contributed by atoms with E-state index in [-0.39, 0.29) is 22.8 Å². The maximum Gasteiger partial charge on any atom is 0.433 e. The number of halogens is 1. The number of ether oxygens (including phenoxy) is 2. The second-order valence-corrected chi connectivity index (χ2v) is 4.06. The van der Waals surface area contributed by atoms with Crippen molar-refractivity contribution in [1.29, 1.82) is 0 Å². The number of aliphatic hydroxyl groups is 1. The van der Waals surface area contributed by atoms with E-state index in [0.717, 1.165) is 12.1 Å². The van der Waals surface area contributed by atoms with Gasteiger partial charge in [-0.3, -0.25) is 10.1 Å². The minimum absolute atomic E-state index is 0.142. The van der Waals surface area contributed by atoms with E-state index in [9.17, 15) is 19.6 Å². The van der Waals surface area contributed by atoms with Crippen LogP contribution in [0.4, 0.5) is 10.3 Å². The molecule has 1 aromatic heterocycles. The third kappa shape index (κ3) is 2.79. The fourth-order valence-corrected chi connectivity index (χ4v) is 1.82. The molecule has 0 fully saturated rings. The summed E-state index contributed by atoms with van der Waals surface area (Å²) < 4.78 is 28.8. The number of benzene rings is 1. The van der Waals surface area contributed by atoms with E-state index in [1.807, 2.05) is 0 Å². The zero-order chi connectivity index (χ0) is 15.6. The van der Waals surface area contributed by atoms with Gasteiger partial charge in [0, 0.05) is 11.6 Å². The molecule has 0 amide bonds. The molecule has 0 saturated heterocycles.